The van der Waals surface area contributed by atoms with Crippen LogP contribution in [0.15, 0.2) is 24.3 Å². The summed E-state index contributed by atoms with van der Waals surface area (Å²) in [6, 6.07) is 6.88. The number of nitrogen functional groups attached to an aromatic ring is 1. The van der Waals surface area contributed by atoms with E-state index in [1.807, 2.05) is 17.0 Å². The fraction of sp³-hybridized carbons (Fsp3) is 0.583. The Bertz CT molecular complexity index is 1170. The fourth-order valence-electron chi connectivity index (χ4n) is 5.08. The highest BCUT2D eigenvalue weighted by atomic mass is 35.5. The number of rotatable bonds is 6. The van der Waals surface area contributed by atoms with E-state index in [4.69, 9.17) is 22.1 Å². The van der Waals surface area contributed by atoms with Gasteiger partial charge in [-0.3, -0.25) is 9.69 Å². The molecule has 1 aliphatic carbocycles. The van der Waals surface area contributed by atoms with Crippen LogP contribution in [-0.4, -0.2) is 93.7 Å². The molecular formula is C24H29ClF3N7O4. The second-order valence-electron chi connectivity index (χ2n) is 10.0. The summed E-state index contributed by atoms with van der Waals surface area (Å²) in [7, 11) is 0. The van der Waals surface area contributed by atoms with Gasteiger partial charge in [-0.1, -0.05) is 23.7 Å². The molecule has 2 aliphatic heterocycles. The van der Waals surface area contributed by atoms with E-state index in [2.05, 4.69) is 24.9 Å². The molecule has 0 spiro atoms. The summed E-state index contributed by atoms with van der Waals surface area (Å²) in [4.78, 5) is 37.7. The van der Waals surface area contributed by atoms with E-state index >= 15 is 0 Å². The van der Waals surface area contributed by atoms with Crippen LogP contribution < -0.4 is 10.6 Å². The van der Waals surface area contributed by atoms with Crippen molar-refractivity contribution < 1.29 is 32.3 Å². The van der Waals surface area contributed by atoms with Gasteiger partial charge in [0.1, 0.15) is 0 Å². The molecule has 3 aliphatic rings. The summed E-state index contributed by atoms with van der Waals surface area (Å²) in [5.74, 6) is -2.45. The van der Waals surface area contributed by atoms with Gasteiger partial charge in [0.15, 0.2) is 6.10 Å². The van der Waals surface area contributed by atoms with E-state index in [0.717, 1.165) is 18.4 Å². The summed E-state index contributed by atoms with van der Waals surface area (Å²) in [6.07, 6.45) is -3.26. The average Bonchev–Trinajstić information content (AvgIpc) is 3.67. The first-order valence-corrected chi connectivity index (χ1v) is 13.1. The predicted octanol–water partition coefficient (Wildman–Crippen LogP) is 2.33. The minimum absolute atomic E-state index is 0.0705. The molecular weight excluding hydrogens is 543 g/mol. The highest BCUT2D eigenvalue weighted by molar-refractivity contribution is 6.30. The van der Waals surface area contributed by atoms with Crippen molar-refractivity contribution in [3.05, 3.63) is 34.9 Å². The number of benzene rings is 1. The van der Waals surface area contributed by atoms with Gasteiger partial charge in [0.25, 0.3) is 5.91 Å². The molecule has 15 heteroatoms. The van der Waals surface area contributed by atoms with E-state index in [1.165, 1.54) is 0 Å². The Balaban J connectivity index is 1.30. The van der Waals surface area contributed by atoms with Crippen LogP contribution in [0, 0.1) is 0 Å². The number of nitrogens with two attached hydrogens (primary N) is 1. The minimum Gasteiger partial charge on any atom is -0.368 e. The molecule has 2 saturated heterocycles. The number of carbonyl (C=O) groups excluding carboxylic acids is 2. The zero-order valence-electron chi connectivity index (χ0n) is 20.9. The molecule has 3 N–H and O–H groups in total. The van der Waals surface area contributed by atoms with Gasteiger partial charge < -0.3 is 20.2 Å². The summed E-state index contributed by atoms with van der Waals surface area (Å²) >= 11 is 6.04. The number of amides is 1. The number of hydrogen-bond acceptors (Lipinski definition) is 9. The third kappa shape index (κ3) is 6.56. The Kier molecular flexibility index (Phi) is 7.87. The lowest BCUT2D eigenvalue weighted by Gasteiger charge is -2.46. The van der Waals surface area contributed by atoms with Crippen LogP contribution >= 0.6 is 11.6 Å². The molecule has 0 radical (unpaired) electrons. The molecule has 1 saturated carbocycles. The van der Waals surface area contributed by atoms with Crippen molar-refractivity contribution in [2.45, 2.75) is 62.5 Å². The van der Waals surface area contributed by atoms with Crippen molar-refractivity contribution in [1.82, 2.24) is 25.1 Å². The fourth-order valence-corrected chi connectivity index (χ4v) is 5.20. The Morgan fingerprint density at radius 1 is 1.18 bits per heavy atom. The van der Waals surface area contributed by atoms with Crippen molar-refractivity contribution in [3.8, 4) is 0 Å². The van der Waals surface area contributed by atoms with Crippen molar-refractivity contribution in [2.24, 2.45) is 0 Å². The number of H-pyrrole nitrogens is 1. The number of alkyl halides is 3. The van der Waals surface area contributed by atoms with Gasteiger partial charge in [0.05, 0.1) is 12.6 Å². The molecule has 11 nitrogen and oxygen atoms in total. The molecule has 5 rings (SSSR count). The van der Waals surface area contributed by atoms with Gasteiger partial charge >= 0.3 is 12.1 Å². The van der Waals surface area contributed by atoms with Gasteiger partial charge in [-0.25, -0.2) is 9.89 Å². The topological polar surface area (TPSA) is 130 Å². The second-order valence-corrected chi connectivity index (χ2v) is 10.5. The Hall–Kier alpha value is -3.10. The highest BCUT2D eigenvalue weighted by Crippen LogP contribution is 2.32. The van der Waals surface area contributed by atoms with Gasteiger partial charge in [0, 0.05) is 36.7 Å². The van der Waals surface area contributed by atoms with Crippen LogP contribution in [0.2, 0.25) is 5.02 Å². The summed E-state index contributed by atoms with van der Waals surface area (Å²) in [6.45, 7) is 1.65. The smallest absolute Gasteiger partial charge is 0.368 e. The average molecular weight is 572 g/mol. The standard InChI is InChI=1S/C24H29ClF3N7O4/c25-15-3-1-14(2-4-15)11-18-13-38-19(20(36)35(17-5-6-17)39-21(37)24(26,27)28)12-34(18)16-7-9-33(10-8-16)23-30-22(29)31-32-23/h1-4,16-19H,5-13H2,(H3,29,30,31,32)/t18-,19+/m0/s1. The lowest BCUT2D eigenvalue weighted by atomic mass is 9.96. The van der Waals surface area contributed by atoms with E-state index in [-0.39, 0.29) is 31.2 Å². The lowest BCUT2D eigenvalue weighted by molar-refractivity contribution is -0.243. The molecule has 2 atom stereocenters. The number of halogens is 4. The van der Waals surface area contributed by atoms with Gasteiger partial charge in [-0.2, -0.15) is 23.2 Å². The molecule has 3 heterocycles. The maximum atomic E-state index is 13.3. The van der Waals surface area contributed by atoms with Crippen LogP contribution in [0.3, 0.4) is 0 Å². The number of nitrogens with one attached hydrogen (secondary N) is 1. The molecule has 0 unspecified atom stereocenters. The van der Waals surface area contributed by atoms with Gasteiger partial charge in [-0.15, -0.1) is 5.10 Å². The molecule has 1 amide bonds. The zero-order chi connectivity index (χ0) is 27.7. The number of aromatic nitrogens is 3. The van der Waals surface area contributed by atoms with Gasteiger partial charge in [0.2, 0.25) is 11.9 Å². The van der Waals surface area contributed by atoms with Gasteiger partial charge in [-0.05, 0) is 49.8 Å². The van der Waals surface area contributed by atoms with Crippen LogP contribution in [0.1, 0.15) is 31.2 Å². The van der Waals surface area contributed by atoms with E-state index < -0.39 is 30.2 Å². The van der Waals surface area contributed by atoms with Crippen LogP contribution in [0.4, 0.5) is 25.1 Å². The normalized spacial score (nSPS) is 23.0. The number of morpholine rings is 1. The molecule has 212 valence electrons. The summed E-state index contributed by atoms with van der Waals surface area (Å²) in [5, 5.41) is 7.94. The molecule has 3 fully saturated rings. The number of carbonyl (C=O) groups is 2. The Morgan fingerprint density at radius 3 is 2.46 bits per heavy atom. The summed E-state index contributed by atoms with van der Waals surface area (Å²) in [5.41, 5.74) is 6.70. The van der Waals surface area contributed by atoms with Crippen LogP contribution in [-0.2, 0) is 25.6 Å². The number of hydrogen-bond donors (Lipinski definition) is 2. The van der Waals surface area contributed by atoms with E-state index in [1.54, 1.807) is 12.1 Å². The zero-order valence-corrected chi connectivity index (χ0v) is 21.7. The van der Waals surface area contributed by atoms with E-state index in [0.29, 0.717) is 48.4 Å². The molecule has 2 aromatic rings. The van der Waals surface area contributed by atoms with Crippen molar-refractivity contribution in [3.63, 3.8) is 0 Å². The second kappa shape index (κ2) is 11.2. The third-order valence-electron chi connectivity index (χ3n) is 7.21. The first-order valence-electron chi connectivity index (χ1n) is 12.8. The number of ether oxygens (including phenoxy) is 1. The maximum absolute atomic E-state index is 13.3. The SMILES string of the molecule is Nc1nc(N2CCC(N3C[C@H](C(=O)N(OC(=O)C(F)(F)F)C4CC4)OC[C@@H]3Cc3ccc(Cl)cc3)CC2)n[nH]1. The molecule has 1 aromatic heterocycles. The predicted molar refractivity (Wildman–Crippen MR) is 133 cm³/mol. The molecule has 39 heavy (non-hydrogen) atoms. The largest absolute Gasteiger partial charge is 0.493 e. The monoisotopic (exact) mass is 571 g/mol. The number of nitrogens with zero attached hydrogens (tertiary/aromatic N) is 5. The minimum atomic E-state index is -5.21. The lowest BCUT2D eigenvalue weighted by Crippen LogP contribution is -2.60. The quantitative estimate of drug-likeness (QED) is 0.502. The Labute approximate surface area is 227 Å². The highest BCUT2D eigenvalue weighted by Gasteiger charge is 2.48. The first-order chi connectivity index (χ1) is 18.6. The molecule has 1 aromatic carbocycles. The van der Waals surface area contributed by atoms with E-state index in [9.17, 15) is 22.8 Å². The number of piperidine rings is 1. The van der Waals surface area contributed by atoms with Crippen molar-refractivity contribution >= 4 is 35.4 Å². The number of aromatic amines is 1. The molecule has 0 bridgehead atoms. The number of anilines is 2. The third-order valence-corrected chi connectivity index (χ3v) is 7.46. The maximum Gasteiger partial charge on any atom is 0.493 e. The first kappa shape index (κ1) is 27.5. The van der Waals surface area contributed by atoms with Crippen LogP contribution in [0.5, 0.6) is 0 Å². The van der Waals surface area contributed by atoms with Crippen molar-refractivity contribution in [1.29, 1.82) is 0 Å². The Morgan fingerprint density at radius 2 is 1.87 bits per heavy atom. The van der Waals surface area contributed by atoms with Crippen LogP contribution in [0.25, 0.3) is 0 Å². The summed E-state index contributed by atoms with van der Waals surface area (Å²) < 4.78 is 44.5. The number of hydroxylamine groups is 2. The van der Waals surface area contributed by atoms with Crippen molar-refractivity contribution in [2.75, 3.05) is 36.9 Å².